The molecule has 0 saturated carbocycles. The molecule has 2 atom stereocenters. The SMILES string of the molecule is CNC(=O)C1CC(NC)CCN1C. The van der Waals surface area contributed by atoms with Crippen molar-refractivity contribution in [1.29, 1.82) is 0 Å². The number of carbonyl (C=O) groups excluding carboxylic acids is 1. The molecule has 0 aromatic heterocycles. The molecule has 4 nitrogen and oxygen atoms in total. The maximum Gasteiger partial charge on any atom is 0.237 e. The molecule has 1 heterocycles. The number of carbonyl (C=O) groups is 1. The summed E-state index contributed by atoms with van der Waals surface area (Å²) in [5.74, 6) is 0.127. The van der Waals surface area contributed by atoms with Crippen molar-refractivity contribution in [2.24, 2.45) is 0 Å². The molecule has 1 aliphatic rings. The Bertz CT molecular complexity index is 184. The molecule has 1 aliphatic heterocycles. The first-order valence-corrected chi connectivity index (χ1v) is 4.78. The van der Waals surface area contributed by atoms with Gasteiger partial charge in [0.1, 0.15) is 0 Å². The highest BCUT2D eigenvalue weighted by Crippen LogP contribution is 2.15. The highest BCUT2D eigenvalue weighted by molar-refractivity contribution is 5.81. The molecule has 1 amide bonds. The Morgan fingerprint density at radius 3 is 2.69 bits per heavy atom. The first-order valence-electron chi connectivity index (χ1n) is 4.78. The van der Waals surface area contributed by atoms with Crippen molar-refractivity contribution in [3.63, 3.8) is 0 Å². The number of likely N-dealkylation sites (N-methyl/N-ethyl adjacent to an activating group) is 2. The maximum absolute atomic E-state index is 11.5. The molecule has 1 fully saturated rings. The van der Waals surface area contributed by atoms with Crippen molar-refractivity contribution in [1.82, 2.24) is 15.5 Å². The summed E-state index contributed by atoms with van der Waals surface area (Å²) in [5.41, 5.74) is 0. The standard InChI is InChI=1S/C9H19N3O/c1-10-7-4-5-12(3)8(6-7)9(13)11-2/h7-8,10H,4-6H2,1-3H3,(H,11,13). The second-order valence-corrected chi connectivity index (χ2v) is 3.62. The summed E-state index contributed by atoms with van der Waals surface area (Å²) in [6, 6.07) is 0.523. The fourth-order valence-corrected chi connectivity index (χ4v) is 1.82. The average Bonchev–Trinajstić information content (AvgIpc) is 2.17. The Hall–Kier alpha value is -0.610. The fraction of sp³-hybridized carbons (Fsp3) is 0.889. The van der Waals surface area contributed by atoms with E-state index in [1.54, 1.807) is 7.05 Å². The number of hydrogen-bond acceptors (Lipinski definition) is 3. The summed E-state index contributed by atoms with van der Waals surface area (Å²) in [7, 11) is 5.65. The summed E-state index contributed by atoms with van der Waals surface area (Å²) < 4.78 is 0. The molecule has 1 rings (SSSR count). The number of nitrogens with one attached hydrogen (secondary N) is 2. The quantitative estimate of drug-likeness (QED) is 0.604. The topological polar surface area (TPSA) is 44.4 Å². The molecule has 76 valence electrons. The Morgan fingerprint density at radius 2 is 2.15 bits per heavy atom. The van der Waals surface area contributed by atoms with Gasteiger partial charge in [0.25, 0.3) is 0 Å². The van der Waals surface area contributed by atoms with E-state index >= 15 is 0 Å². The van der Waals surface area contributed by atoms with Crippen LogP contribution in [0.1, 0.15) is 12.8 Å². The Labute approximate surface area is 79.7 Å². The van der Waals surface area contributed by atoms with Crippen LogP contribution in [0.3, 0.4) is 0 Å². The van der Waals surface area contributed by atoms with Crippen molar-refractivity contribution in [2.75, 3.05) is 27.7 Å². The van der Waals surface area contributed by atoms with E-state index in [0.717, 1.165) is 19.4 Å². The van der Waals surface area contributed by atoms with E-state index in [2.05, 4.69) is 15.5 Å². The van der Waals surface area contributed by atoms with Gasteiger partial charge in [-0.3, -0.25) is 9.69 Å². The summed E-state index contributed by atoms with van der Waals surface area (Å²) in [6.45, 7) is 0.990. The van der Waals surface area contributed by atoms with Crippen LogP contribution in [0.15, 0.2) is 0 Å². The van der Waals surface area contributed by atoms with E-state index in [-0.39, 0.29) is 11.9 Å². The van der Waals surface area contributed by atoms with Crippen LogP contribution >= 0.6 is 0 Å². The molecular weight excluding hydrogens is 166 g/mol. The maximum atomic E-state index is 11.5. The Morgan fingerprint density at radius 1 is 1.46 bits per heavy atom. The van der Waals surface area contributed by atoms with Crippen LogP contribution < -0.4 is 10.6 Å². The van der Waals surface area contributed by atoms with Crippen molar-refractivity contribution in [3.8, 4) is 0 Å². The van der Waals surface area contributed by atoms with Crippen LogP contribution in [0.5, 0.6) is 0 Å². The number of hydrogen-bond donors (Lipinski definition) is 2. The van der Waals surface area contributed by atoms with Crippen molar-refractivity contribution < 1.29 is 4.79 Å². The monoisotopic (exact) mass is 185 g/mol. The molecule has 2 unspecified atom stereocenters. The summed E-state index contributed by atoms with van der Waals surface area (Å²) in [4.78, 5) is 13.6. The molecule has 0 radical (unpaired) electrons. The van der Waals surface area contributed by atoms with Crippen LogP contribution in [0.2, 0.25) is 0 Å². The molecule has 0 spiro atoms. The van der Waals surface area contributed by atoms with Gasteiger partial charge in [0.15, 0.2) is 0 Å². The minimum atomic E-state index is 0.0381. The lowest BCUT2D eigenvalue weighted by molar-refractivity contribution is -0.126. The first-order chi connectivity index (χ1) is 6.19. The number of amides is 1. The van der Waals surface area contributed by atoms with Crippen LogP contribution in [0, 0.1) is 0 Å². The normalized spacial score (nSPS) is 30.1. The summed E-state index contributed by atoms with van der Waals surface area (Å²) in [5, 5.41) is 5.93. The molecule has 0 bridgehead atoms. The predicted octanol–water partition coefficient (Wildman–Crippen LogP) is -0.585. The van der Waals surface area contributed by atoms with Crippen molar-refractivity contribution in [2.45, 2.75) is 24.9 Å². The van der Waals surface area contributed by atoms with Crippen LogP contribution in [-0.4, -0.2) is 50.6 Å². The van der Waals surface area contributed by atoms with Gasteiger partial charge in [-0.15, -0.1) is 0 Å². The second kappa shape index (κ2) is 4.58. The summed E-state index contributed by atoms with van der Waals surface area (Å²) in [6.07, 6.45) is 2.03. The third kappa shape index (κ3) is 2.42. The van der Waals surface area contributed by atoms with E-state index in [9.17, 15) is 4.79 Å². The Kier molecular flexibility index (Phi) is 3.69. The van der Waals surface area contributed by atoms with Crippen molar-refractivity contribution in [3.05, 3.63) is 0 Å². The van der Waals surface area contributed by atoms with Gasteiger partial charge in [0.05, 0.1) is 6.04 Å². The molecule has 2 N–H and O–H groups in total. The van der Waals surface area contributed by atoms with Gasteiger partial charge in [0, 0.05) is 19.6 Å². The number of piperidine rings is 1. The molecule has 1 saturated heterocycles. The van der Waals surface area contributed by atoms with Gasteiger partial charge >= 0.3 is 0 Å². The molecular formula is C9H19N3O. The fourth-order valence-electron chi connectivity index (χ4n) is 1.82. The first kappa shape index (κ1) is 10.5. The van der Waals surface area contributed by atoms with Gasteiger partial charge in [0.2, 0.25) is 5.91 Å². The number of rotatable bonds is 2. The van der Waals surface area contributed by atoms with Crippen LogP contribution in [0.4, 0.5) is 0 Å². The van der Waals surface area contributed by atoms with E-state index < -0.39 is 0 Å². The lowest BCUT2D eigenvalue weighted by atomic mass is 9.97. The number of likely N-dealkylation sites (tertiary alicyclic amines) is 1. The highest BCUT2D eigenvalue weighted by Gasteiger charge is 2.29. The molecule has 4 heteroatoms. The lowest BCUT2D eigenvalue weighted by Gasteiger charge is -2.35. The van der Waals surface area contributed by atoms with E-state index in [4.69, 9.17) is 0 Å². The second-order valence-electron chi connectivity index (χ2n) is 3.62. The highest BCUT2D eigenvalue weighted by atomic mass is 16.2. The zero-order chi connectivity index (χ0) is 9.84. The van der Waals surface area contributed by atoms with Crippen LogP contribution in [0.25, 0.3) is 0 Å². The largest absolute Gasteiger partial charge is 0.358 e. The third-order valence-corrected chi connectivity index (χ3v) is 2.83. The van der Waals surface area contributed by atoms with Gasteiger partial charge in [-0.2, -0.15) is 0 Å². The minimum absolute atomic E-state index is 0.0381. The molecule has 13 heavy (non-hydrogen) atoms. The van der Waals surface area contributed by atoms with Gasteiger partial charge in [-0.25, -0.2) is 0 Å². The van der Waals surface area contributed by atoms with Gasteiger partial charge in [-0.05, 0) is 26.9 Å². The van der Waals surface area contributed by atoms with Gasteiger partial charge < -0.3 is 10.6 Å². The van der Waals surface area contributed by atoms with E-state index in [0.29, 0.717) is 6.04 Å². The molecule has 0 aromatic carbocycles. The van der Waals surface area contributed by atoms with E-state index in [1.807, 2.05) is 14.1 Å². The summed E-state index contributed by atoms with van der Waals surface area (Å²) >= 11 is 0. The lowest BCUT2D eigenvalue weighted by Crippen LogP contribution is -2.52. The predicted molar refractivity (Wildman–Crippen MR) is 52.6 cm³/mol. The number of nitrogens with zero attached hydrogens (tertiary/aromatic N) is 1. The zero-order valence-electron chi connectivity index (χ0n) is 8.63. The third-order valence-electron chi connectivity index (χ3n) is 2.83. The van der Waals surface area contributed by atoms with Gasteiger partial charge in [-0.1, -0.05) is 0 Å². The van der Waals surface area contributed by atoms with Crippen LogP contribution in [-0.2, 0) is 4.79 Å². The van der Waals surface area contributed by atoms with Crippen molar-refractivity contribution >= 4 is 5.91 Å². The molecule has 0 aliphatic carbocycles. The van der Waals surface area contributed by atoms with E-state index in [1.165, 1.54) is 0 Å². The Balaban J connectivity index is 2.54. The zero-order valence-corrected chi connectivity index (χ0v) is 8.63. The minimum Gasteiger partial charge on any atom is -0.358 e. The smallest absolute Gasteiger partial charge is 0.237 e. The average molecular weight is 185 g/mol. The molecule has 0 aromatic rings.